The number of aliphatic hydroxyl groups is 1. The SMILES string of the molecule is CC(C)(C)OC(=O)N[C@H]1CCC(F)(F)C[C@@H]1O. The van der Waals surface area contributed by atoms with Gasteiger partial charge in [-0.05, 0) is 27.2 Å². The van der Waals surface area contributed by atoms with Crippen molar-refractivity contribution in [3.8, 4) is 0 Å². The predicted molar refractivity (Wildman–Crippen MR) is 58.0 cm³/mol. The number of rotatable bonds is 1. The molecule has 0 spiro atoms. The second-order valence-corrected chi connectivity index (χ2v) is 5.42. The van der Waals surface area contributed by atoms with Gasteiger partial charge in [-0.25, -0.2) is 13.6 Å². The molecule has 1 amide bonds. The molecule has 0 aromatic carbocycles. The number of alkyl halides is 2. The Labute approximate surface area is 99.3 Å². The number of carbonyl (C=O) groups excluding carboxylic acids is 1. The Morgan fingerprint density at radius 2 is 2.06 bits per heavy atom. The number of halogens is 2. The van der Waals surface area contributed by atoms with E-state index >= 15 is 0 Å². The molecule has 2 atom stereocenters. The Kier molecular flexibility index (Phi) is 3.96. The van der Waals surface area contributed by atoms with E-state index in [1.807, 2.05) is 0 Å². The molecule has 2 N–H and O–H groups in total. The molecule has 1 fully saturated rings. The molecular formula is C11H19F2NO3. The van der Waals surface area contributed by atoms with E-state index in [0.29, 0.717) is 0 Å². The van der Waals surface area contributed by atoms with Crippen molar-refractivity contribution in [2.45, 2.75) is 63.7 Å². The predicted octanol–water partition coefficient (Wildman–Crippen LogP) is 2.06. The number of hydrogen-bond acceptors (Lipinski definition) is 3. The molecule has 1 aliphatic rings. The second kappa shape index (κ2) is 4.76. The zero-order chi connectivity index (χ0) is 13.3. The van der Waals surface area contributed by atoms with E-state index in [9.17, 15) is 18.7 Å². The van der Waals surface area contributed by atoms with E-state index in [-0.39, 0.29) is 12.8 Å². The highest BCUT2D eigenvalue weighted by atomic mass is 19.3. The molecule has 0 saturated heterocycles. The van der Waals surface area contributed by atoms with Crippen LogP contribution < -0.4 is 5.32 Å². The van der Waals surface area contributed by atoms with Crippen LogP contribution in [-0.2, 0) is 4.74 Å². The quantitative estimate of drug-likeness (QED) is 0.750. The second-order valence-electron chi connectivity index (χ2n) is 5.42. The van der Waals surface area contributed by atoms with Gasteiger partial charge in [0.05, 0.1) is 12.1 Å². The Balaban J connectivity index is 2.45. The Morgan fingerprint density at radius 3 is 2.53 bits per heavy atom. The maximum absolute atomic E-state index is 12.9. The van der Waals surface area contributed by atoms with Gasteiger partial charge >= 0.3 is 6.09 Å². The number of ether oxygens (including phenoxy) is 1. The highest BCUT2D eigenvalue weighted by Gasteiger charge is 2.41. The first-order valence-electron chi connectivity index (χ1n) is 5.64. The molecule has 1 saturated carbocycles. The molecule has 0 radical (unpaired) electrons. The molecule has 4 nitrogen and oxygen atoms in total. The van der Waals surface area contributed by atoms with Gasteiger partial charge in [0.15, 0.2) is 0 Å². The van der Waals surface area contributed by atoms with Gasteiger partial charge in [0.2, 0.25) is 0 Å². The van der Waals surface area contributed by atoms with Crippen LogP contribution in [0.25, 0.3) is 0 Å². The summed E-state index contributed by atoms with van der Waals surface area (Å²) in [6.45, 7) is 5.12. The number of nitrogens with one attached hydrogen (secondary N) is 1. The highest BCUT2D eigenvalue weighted by Crippen LogP contribution is 2.33. The van der Waals surface area contributed by atoms with Gasteiger partial charge in [-0.2, -0.15) is 0 Å². The summed E-state index contributed by atoms with van der Waals surface area (Å²) in [5.41, 5.74) is -0.645. The van der Waals surface area contributed by atoms with Gasteiger partial charge in [0, 0.05) is 12.8 Å². The fourth-order valence-electron chi connectivity index (χ4n) is 1.74. The molecule has 1 aliphatic carbocycles. The number of carbonyl (C=O) groups is 1. The van der Waals surface area contributed by atoms with Gasteiger partial charge in [0.25, 0.3) is 5.92 Å². The lowest BCUT2D eigenvalue weighted by molar-refractivity contribution is -0.0877. The van der Waals surface area contributed by atoms with Crippen molar-refractivity contribution in [2.24, 2.45) is 0 Å². The number of alkyl carbamates (subject to hydrolysis) is 1. The van der Waals surface area contributed by atoms with Gasteiger partial charge in [0.1, 0.15) is 5.60 Å². The van der Waals surface area contributed by atoms with Crippen molar-refractivity contribution in [3.05, 3.63) is 0 Å². The third-order valence-electron chi connectivity index (χ3n) is 2.50. The highest BCUT2D eigenvalue weighted by molar-refractivity contribution is 5.68. The van der Waals surface area contributed by atoms with Gasteiger partial charge in [-0.15, -0.1) is 0 Å². The van der Waals surface area contributed by atoms with Crippen LogP contribution in [0.3, 0.4) is 0 Å². The lowest BCUT2D eigenvalue weighted by Crippen LogP contribution is -2.50. The molecule has 0 aromatic rings. The maximum atomic E-state index is 12.9. The van der Waals surface area contributed by atoms with Crippen LogP contribution in [0.5, 0.6) is 0 Å². The summed E-state index contributed by atoms with van der Waals surface area (Å²) < 4.78 is 30.9. The minimum Gasteiger partial charge on any atom is -0.444 e. The smallest absolute Gasteiger partial charge is 0.407 e. The number of hydrogen-bond donors (Lipinski definition) is 2. The van der Waals surface area contributed by atoms with Gasteiger partial charge in [-0.1, -0.05) is 0 Å². The van der Waals surface area contributed by atoms with Gasteiger partial charge in [-0.3, -0.25) is 0 Å². The number of amides is 1. The van der Waals surface area contributed by atoms with Crippen LogP contribution in [0.2, 0.25) is 0 Å². The summed E-state index contributed by atoms with van der Waals surface area (Å²) >= 11 is 0. The molecule has 0 bridgehead atoms. The fraction of sp³-hybridized carbons (Fsp3) is 0.909. The van der Waals surface area contributed by atoms with Crippen LogP contribution in [0.15, 0.2) is 0 Å². The summed E-state index contributed by atoms with van der Waals surface area (Å²) in [5.74, 6) is -2.84. The van der Waals surface area contributed by atoms with Crippen molar-refractivity contribution in [1.29, 1.82) is 0 Å². The minimum absolute atomic E-state index is 0.0490. The standard InChI is InChI=1S/C11H19F2NO3/c1-10(2,3)17-9(16)14-7-4-5-11(12,13)6-8(7)15/h7-8,15H,4-6H2,1-3H3,(H,14,16)/t7-,8-/m0/s1. The molecule has 0 aliphatic heterocycles. The van der Waals surface area contributed by atoms with Crippen molar-refractivity contribution in [3.63, 3.8) is 0 Å². The van der Waals surface area contributed by atoms with Crippen LogP contribution in [0.4, 0.5) is 13.6 Å². The van der Waals surface area contributed by atoms with Crippen LogP contribution in [-0.4, -0.2) is 34.9 Å². The van der Waals surface area contributed by atoms with Crippen LogP contribution >= 0.6 is 0 Å². The van der Waals surface area contributed by atoms with Crippen molar-refractivity contribution in [1.82, 2.24) is 5.32 Å². The molecule has 0 unspecified atom stereocenters. The van der Waals surface area contributed by atoms with Crippen molar-refractivity contribution >= 4 is 6.09 Å². The molecule has 1 rings (SSSR count). The molecule has 100 valence electrons. The monoisotopic (exact) mass is 251 g/mol. The summed E-state index contributed by atoms with van der Waals surface area (Å²) in [4.78, 5) is 11.4. The molecular weight excluding hydrogens is 232 g/mol. The lowest BCUT2D eigenvalue weighted by atomic mass is 9.90. The Hall–Kier alpha value is -0.910. The van der Waals surface area contributed by atoms with Crippen LogP contribution in [0.1, 0.15) is 40.0 Å². The topological polar surface area (TPSA) is 58.6 Å². The lowest BCUT2D eigenvalue weighted by Gasteiger charge is -2.33. The zero-order valence-corrected chi connectivity index (χ0v) is 10.3. The summed E-state index contributed by atoms with van der Waals surface area (Å²) in [6, 6.07) is -0.663. The van der Waals surface area contributed by atoms with E-state index in [1.165, 1.54) is 0 Å². The minimum atomic E-state index is -2.84. The first kappa shape index (κ1) is 14.2. The van der Waals surface area contributed by atoms with E-state index in [4.69, 9.17) is 4.74 Å². The Bertz CT molecular complexity index is 289. The van der Waals surface area contributed by atoms with E-state index in [1.54, 1.807) is 20.8 Å². The van der Waals surface area contributed by atoms with Gasteiger partial charge < -0.3 is 15.2 Å². The average Bonchev–Trinajstić information content (AvgIpc) is 2.06. The maximum Gasteiger partial charge on any atom is 0.407 e. The fourth-order valence-corrected chi connectivity index (χ4v) is 1.74. The number of aliphatic hydroxyl groups excluding tert-OH is 1. The zero-order valence-electron chi connectivity index (χ0n) is 10.3. The average molecular weight is 251 g/mol. The Morgan fingerprint density at radius 1 is 1.47 bits per heavy atom. The first-order valence-corrected chi connectivity index (χ1v) is 5.64. The third kappa shape index (κ3) is 4.85. The van der Waals surface area contributed by atoms with E-state index in [2.05, 4.69) is 5.32 Å². The first-order chi connectivity index (χ1) is 7.59. The normalized spacial score (nSPS) is 28.6. The third-order valence-corrected chi connectivity index (χ3v) is 2.50. The van der Waals surface area contributed by atoms with Crippen LogP contribution in [0, 0.1) is 0 Å². The molecule has 6 heteroatoms. The summed E-state index contributed by atoms with van der Waals surface area (Å²) in [7, 11) is 0. The summed E-state index contributed by atoms with van der Waals surface area (Å²) in [5, 5.41) is 11.9. The van der Waals surface area contributed by atoms with Crippen molar-refractivity contribution in [2.75, 3.05) is 0 Å². The van der Waals surface area contributed by atoms with Crippen molar-refractivity contribution < 1.29 is 23.4 Å². The largest absolute Gasteiger partial charge is 0.444 e. The van der Waals surface area contributed by atoms with E-state index in [0.717, 1.165) is 0 Å². The summed E-state index contributed by atoms with van der Waals surface area (Å²) in [6.07, 6.45) is -2.82. The molecule has 17 heavy (non-hydrogen) atoms. The van der Waals surface area contributed by atoms with E-state index < -0.39 is 36.2 Å². The molecule has 0 aromatic heterocycles. The molecule has 0 heterocycles.